The zero-order chi connectivity index (χ0) is 14.4. The van der Waals surface area contributed by atoms with Crippen molar-refractivity contribution in [3.8, 4) is 6.07 Å². The molecule has 5 nitrogen and oxygen atoms in total. The molecule has 0 aromatic heterocycles. The lowest BCUT2D eigenvalue weighted by Gasteiger charge is -2.25. The highest BCUT2D eigenvalue weighted by atomic mass is 79.9. The van der Waals surface area contributed by atoms with Gasteiger partial charge in [0.1, 0.15) is 0 Å². The number of rotatable bonds is 6. The molecule has 0 bridgehead atoms. The van der Waals surface area contributed by atoms with Crippen LogP contribution in [0.2, 0.25) is 0 Å². The van der Waals surface area contributed by atoms with Crippen molar-refractivity contribution in [2.75, 3.05) is 6.54 Å². The third-order valence-electron chi connectivity index (χ3n) is 2.87. The van der Waals surface area contributed by atoms with Gasteiger partial charge in [-0.25, -0.2) is 0 Å². The van der Waals surface area contributed by atoms with Gasteiger partial charge in [-0.15, -0.1) is 0 Å². The smallest absolute Gasteiger partial charge is 0.283 e. The van der Waals surface area contributed by atoms with Crippen LogP contribution in [-0.4, -0.2) is 22.4 Å². The maximum atomic E-state index is 10.9. The fourth-order valence-corrected chi connectivity index (χ4v) is 2.30. The van der Waals surface area contributed by atoms with E-state index in [1.165, 1.54) is 6.07 Å². The molecule has 0 spiro atoms. The zero-order valence-electron chi connectivity index (χ0n) is 11.0. The second-order valence-corrected chi connectivity index (χ2v) is 5.27. The highest BCUT2D eigenvalue weighted by Crippen LogP contribution is 2.29. The second-order valence-electron chi connectivity index (χ2n) is 4.48. The van der Waals surface area contributed by atoms with Crippen molar-refractivity contribution >= 4 is 21.6 Å². The third-order valence-corrected chi connectivity index (χ3v) is 3.79. The van der Waals surface area contributed by atoms with E-state index in [2.05, 4.69) is 26.9 Å². The Labute approximate surface area is 121 Å². The van der Waals surface area contributed by atoms with Gasteiger partial charge in [-0.2, -0.15) is 5.26 Å². The molecule has 102 valence electrons. The number of nitrogens with zero attached hydrogens (tertiary/aromatic N) is 3. The van der Waals surface area contributed by atoms with E-state index in [-0.39, 0.29) is 11.7 Å². The minimum Gasteiger partial charge on any atom is -0.296 e. The molecule has 0 aliphatic rings. The summed E-state index contributed by atoms with van der Waals surface area (Å²) in [4.78, 5) is 12.6. The fourth-order valence-electron chi connectivity index (χ4n) is 1.76. The molecule has 1 rings (SSSR count). The molecule has 0 saturated heterocycles. The van der Waals surface area contributed by atoms with Gasteiger partial charge < -0.3 is 0 Å². The molecule has 0 aliphatic heterocycles. The molecular formula is C13H16BrN3O2. The summed E-state index contributed by atoms with van der Waals surface area (Å²) in [6.45, 7) is 5.33. The van der Waals surface area contributed by atoms with Gasteiger partial charge in [-0.05, 0) is 35.3 Å². The summed E-state index contributed by atoms with van der Waals surface area (Å²) in [6, 6.07) is 7.42. The number of nitriles is 1. The molecule has 0 heterocycles. The van der Waals surface area contributed by atoms with E-state index in [9.17, 15) is 10.1 Å². The van der Waals surface area contributed by atoms with Crippen LogP contribution in [0.5, 0.6) is 0 Å². The molecule has 0 atom stereocenters. The Kier molecular flexibility index (Phi) is 5.93. The second kappa shape index (κ2) is 7.22. The molecular weight excluding hydrogens is 310 g/mol. The van der Waals surface area contributed by atoms with Crippen LogP contribution in [0.15, 0.2) is 22.7 Å². The normalized spacial score (nSPS) is 10.7. The topological polar surface area (TPSA) is 70.2 Å². The Morgan fingerprint density at radius 2 is 2.21 bits per heavy atom. The average Bonchev–Trinajstić information content (AvgIpc) is 2.35. The number of hydrogen-bond acceptors (Lipinski definition) is 4. The first-order valence-electron chi connectivity index (χ1n) is 6.00. The molecule has 0 unspecified atom stereocenters. The van der Waals surface area contributed by atoms with Gasteiger partial charge in [0.05, 0.1) is 15.5 Å². The van der Waals surface area contributed by atoms with E-state index in [1.807, 2.05) is 19.9 Å². The van der Waals surface area contributed by atoms with E-state index in [0.29, 0.717) is 24.0 Å². The summed E-state index contributed by atoms with van der Waals surface area (Å²) in [7, 11) is 0. The van der Waals surface area contributed by atoms with Crippen molar-refractivity contribution in [2.24, 2.45) is 0 Å². The number of halogens is 1. The van der Waals surface area contributed by atoms with E-state index in [0.717, 1.165) is 5.56 Å². The largest absolute Gasteiger partial charge is 0.296 e. The summed E-state index contributed by atoms with van der Waals surface area (Å²) in [5, 5.41) is 19.5. The quantitative estimate of drug-likeness (QED) is 0.593. The average molecular weight is 326 g/mol. The molecule has 0 aliphatic carbocycles. The molecule has 6 heteroatoms. The van der Waals surface area contributed by atoms with Gasteiger partial charge in [0.25, 0.3) is 5.69 Å². The van der Waals surface area contributed by atoms with Crippen LogP contribution in [0.4, 0.5) is 5.69 Å². The molecule has 0 saturated carbocycles. The van der Waals surface area contributed by atoms with Crippen LogP contribution >= 0.6 is 15.9 Å². The molecule has 1 aromatic carbocycles. The molecule has 0 fully saturated rings. The maximum absolute atomic E-state index is 10.9. The molecule has 1 aromatic rings. The lowest BCUT2D eigenvalue weighted by atomic mass is 10.1. The van der Waals surface area contributed by atoms with E-state index in [1.54, 1.807) is 6.07 Å². The van der Waals surface area contributed by atoms with Crippen LogP contribution in [-0.2, 0) is 6.54 Å². The lowest BCUT2D eigenvalue weighted by Crippen LogP contribution is -2.31. The van der Waals surface area contributed by atoms with Crippen molar-refractivity contribution in [1.29, 1.82) is 5.26 Å². The van der Waals surface area contributed by atoms with Crippen molar-refractivity contribution in [3.63, 3.8) is 0 Å². The number of nitro groups is 1. The van der Waals surface area contributed by atoms with E-state index >= 15 is 0 Å². The van der Waals surface area contributed by atoms with E-state index < -0.39 is 4.92 Å². The monoisotopic (exact) mass is 325 g/mol. The highest BCUT2D eigenvalue weighted by Gasteiger charge is 2.17. The first-order valence-corrected chi connectivity index (χ1v) is 6.79. The predicted octanol–water partition coefficient (Wildman–Crippen LogP) is 3.48. The molecule has 0 radical (unpaired) electrons. The maximum Gasteiger partial charge on any atom is 0.283 e. The first kappa shape index (κ1) is 15.6. The third kappa shape index (κ3) is 4.30. The van der Waals surface area contributed by atoms with Crippen molar-refractivity contribution in [2.45, 2.75) is 32.9 Å². The Balaban J connectivity index is 2.94. The van der Waals surface area contributed by atoms with Gasteiger partial charge in [-0.1, -0.05) is 12.1 Å². The summed E-state index contributed by atoms with van der Waals surface area (Å²) in [5.74, 6) is 0. The lowest BCUT2D eigenvalue weighted by molar-refractivity contribution is -0.385. The Morgan fingerprint density at radius 3 is 2.74 bits per heavy atom. The Morgan fingerprint density at radius 1 is 1.53 bits per heavy atom. The summed E-state index contributed by atoms with van der Waals surface area (Å²) in [6.07, 6.45) is 0.449. The number of hydrogen-bond donors (Lipinski definition) is 0. The van der Waals surface area contributed by atoms with Gasteiger partial charge in [0, 0.05) is 31.6 Å². The summed E-state index contributed by atoms with van der Waals surface area (Å²) >= 11 is 3.29. The molecule has 0 N–H and O–H groups in total. The molecule has 0 amide bonds. The van der Waals surface area contributed by atoms with Crippen LogP contribution < -0.4 is 0 Å². The first-order chi connectivity index (χ1) is 8.97. The standard InChI is InChI=1S/C13H16BrN3O2/c1-10(2)16(8-4-7-15)9-11-5-3-6-12(13(11)14)17(18)19/h3,5-6,10H,4,8-9H2,1-2H3. The fraction of sp³-hybridized carbons (Fsp3) is 0.462. The van der Waals surface area contributed by atoms with Crippen molar-refractivity contribution < 1.29 is 4.92 Å². The summed E-state index contributed by atoms with van der Waals surface area (Å²) in [5.41, 5.74) is 0.933. The minimum absolute atomic E-state index is 0.0708. The number of nitro benzene ring substituents is 1. The zero-order valence-corrected chi connectivity index (χ0v) is 12.6. The minimum atomic E-state index is -0.400. The van der Waals surface area contributed by atoms with E-state index in [4.69, 9.17) is 5.26 Å². The van der Waals surface area contributed by atoms with Gasteiger partial charge in [-0.3, -0.25) is 15.0 Å². The van der Waals surface area contributed by atoms with Crippen molar-refractivity contribution in [3.05, 3.63) is 38.3 Å². The van der Waals surface area contributed by atoms with Crippen LogP contribution in [0, 0.1) is 21.4 Å². The van der Waals surface area contributed by atoms with Gasteiger partial charge in [0.15, 0.2) is 0 Å². The van der Waals surface area contributed by atoms with Gasteiger partial charge in [0.2, 0.25) is 0 Å². The predicted molar refractivity (Wildman–Crippen MR) is 76.6 cm³/mol. The van der Waals surface area contributed by atoms with Crippen LogP contribution in [0.1, 0.15) is 25.8 Å². The van der Waals surface area contributed by atoms with Crippen LogP contribution in [0.3, 0.4) is 0 Å². The Bertz CT molecular complexity index is 497. The van der Waals surface area contributed by atoms with Gasteiger partial charge >= 0.3 is 0 Å². The number of benzene rings is 1. The SMILES string of the molecule is CC(C)N(CCC#N)Cc1cccc([N+](=O)[O-])c1Br. The Hall–Kier alpha value is -1.45. The van der Waals surface area contributed by atoms with Crippen molar-refractivity contribution in [1.82, 2.24) is 4.90 Å². The summed E-state index contributed by atoms with van der Waals surface area (Å²) < 4.78 is 0.516. The highest BCUT2D eigenvalue weighted by molar-refractivity contribution is 9.10. The van der Waals surface area contributed by atoms with Crippen LogP contribution in [0.25, 0.3) is 0 Å². The molecule has 19 heavy (non-hydrogen) atoms.